The molecule has 2 aromatic carbocycles. The van der Waals surface area contributed by atoms with Crippen LogP contribution in [0.2, 0.25) is 5.02 Å². The standard InChI is InChI=1S/C20H17ClN4O3/c1-20(18(27)24-19(28)25-20)12-3-2-4-14(8-12)23-17(26)7-11-10-22-16-6-5-13(21)9-15(11)16/h2-6,8-10,22H,7H2,1H3,(H,23,26)(H2,24,25,27,28). The average molecular weight is 397 g/mol. The summed E-state index contributed by atoms with van der Waals surface area (Å²) in [4.78, 5) is 39.2. The van der Waals surface area contributed by atoms with E-state index in [2.05, 4.69) is 20.9 Å². The molecule has 1 atom stereocenters. The predicted octanol–water partition coefficient (Wildman–Crippen LogP) is 3.06. The van der Waals surface area contributed by atoms with Gasteiger partial charge in [-0.05, 0) is 48.4 Å². The van der Waals surface area contributed by atoms with Crippen LogP contribution in [0, 0.1) is 0 Å². The third-order valence-electron chi connectivity index (χ3n) is 4.85. The first-order valence-corrected chi connectivity index (χ1v) is 9.02. The number of urea groups is 1. The van der Waals surface area contributed by atoms with Gasteiger partial charge in [0.15, 0.2) is 0 Å². The lowest BCUT2D eigenvalue weighted by Gasteiger charge is -2.21. The number of rotatable bonds is 4. The first kappa shape index (κ1) is 18.1. The lowest BCUT2D eigenvalue weighted by Crippen LogP contribution is -2.40. The van der Waals surface area contributed by atoms with Crippen LogP contribution in [0.4, 0.5) is 10.5 Å². The lowest BCUT2D eigenvalue weighted by atomic mass is 9.92. The van der Waals surface area contributed by atoms with Gasteiger partial charge in [0, 0.05) is 27.8 Å². The average Bonchev–Trinajstić information content (AvgIpc) is 3.15. The Morgan fingerprint density at radius 3 is 2.75 bits per heavy atom. The van der Waals surface area contributed by atoms with Gasteiger partial charge in [-0.3, -0.25) is 14.9 Å². The maximum atomic E-state index is 12.5. The molecule has 1 saturated heterocycles. The van der Waals surface area contributed by atoms with E-state index in [0.29, 0.717) is 16.3 Å². The van der Waals surface area contributed by atoms with E-state index in [-0.39, 0.29) is 12.3 Å². The molecule has 28 heavy (non-hydrogen) atoms. The molecule has 4 rings (SSSR count). The molecule has 0 radical (unpaired) electrons. The normalized spacial score (nSPS) is 18.8. The first-order chi connectivity index (χ1) is 13.3. The van der Waals surface area contributed by atoms with Gasteiger partial charge in [0.05, 0.1) is 6.42 Å². The minimum absolute atomic E-state index is 0.166. The lowest BCUT2D eigenvalue weighted by molar-refractivity contribution is -0.123. The van der Waals surface area contributed by atoms with E-state index in [0.717, 1.165) is 16.5 Å². The summed E-state index contributed by atoms with van der Waals surface area (Å²) >= 11 is 6.05. The zero-order chi connectivity index (χ0) is 19.9. The van der Waals surface area contributed by atoms with E-state index in [1.807, 2.05) is 12.1 Å². The van der Waals surface area contributed by atoms with Crippen LogP contribution in [-0.2, 0) is 21.5 Å². The zero-order valence-electron chi connectivity index (χ0n) is 14.9. The van der Waals surface area contributed by atoms with Crippen molar-refractivity contribution < 1.29 is 14.4 Å². The van der Waals surface area contributed by atoms with Crippen LogP contribution in [0.25, 0.3) is 10.9 Å². The van der Waals surface area contributed by atoms with E-state index in [1.54, 1.807) is 43.5 Å². The number of aromatic nitrogens is 1. The van der Waals surface area contributed by atoms with Gasteiger partial charge in [-0.2, -0.15) is 0 Å². The van der Waals surface area contributed by atoms with Crippen LogP contribution in [0.15, 0.2) is 48.7 Å². The van der Waals surface area contributed by atoms with Gasteiger partial charge in [-0.1, -0.05) is 23.7 Å². The summed E-state index contributed by atoms with van der Waals surface area (Å²) in [6, 6.07) is 11.8. The zero-order valence-corrected chi connectivity index (χ0v) is 15.7. The number of anilines is 1. The Morgan fingerprint density at radius 2 is 2.00 bits per heavy atom. The van der Waals surface area contributed by atoms with Crippen LogP contribution in [0.3, 0.4) is 0 Å². The summed E-state index contributed by atoms with van der Waals surface area (Å²) in [5, 5.41) is 9.17. The van der Waals surface area contributed by atoms with Crippen molar-refractivity contribution in [3.05, 3.63) is 64.8 Å². The Kier molecular flexibility index (Phi) is 4.31. The highest BCUT2D eigenvalue weighted by Gasteiger charge is 2.43. The number of benzene rings is 2. The molecule has 8 heteroatoms. The number of aromatic amines is 1. The fourth-order valence-electron chi connectivity index (χ4n) is 3.33. The number of H-pyrrole nitrogens is 1. The minimum Gasteiger partial charge on any atom is -0.361 e. The first-order valence-electron chi connectivity index (χ1n) is 8.65. The molecule has 7 nitrogen and oxygen atoms in total. The molecule has 1 aliphatic rings. The molecular formula is C20H17ClN4O3. The Balaban J connectivity index is 1.53. The van der Waals surface area contributed by atoms with Crippen molar-refractivity contribution in [1.82, 2.24) is 15.6 Å². The van der Waals surface area contributed by atoms with E-state index in [1.165, 1.54) is 0 Å². The van der Waals surface area contributed by atoms with Gasteiger partial charge in [0.25, 0.3) is 5.91 Å². The molecule has 4 amide bonds. The highest BCUT2D eigenvalue weighted by molar-refractivity contribution is 6.31. The Hall–Kier alpha value is -3.32. The van der Waals surface area contributed by atoms with E-state index in [4.69, 9.17) is 11.6 Å². The number of fused-ring (bicyclic) bond motifs is 1. The number of imide groups is 1. The summed E-state index contributed by atoms with van der Waals surface area (Å²) < 4.78 is 0. The number of nitrogens with one attached hydrogen (secondary N) is 4. The second-order valence-corrected chi connectivity index (χ2v) is 7.28. The molecule has 4 N–H and O–H groups in total. The second-order valence-electron chi connectivity index (χ2n) is 6.84. The third-order valence-corrected chi connectivity index (χ3v) is 5.08. The quantitative estimate of drug-likeness (QED) is 0.509. The Bertz CT molecular complexity index is 1120. The smallest absolute Gasteiger partial charge is 0.322 e. The van der Waals surface area contributed by atoms with Crippen LogP contribution in [-0.4, -0.2) is 22.8 Å². The maximum absolute atomic E-state index is 12.5. The van der Waals surface area contributed by atoms with Crippen LogP contribution in [0.5, 0.6) is 0 Å². The molecule has 142 valence electrons. The molecule has 1 aromatic heterocycles. The van der Waals surface area contributed by atoms with E-state index < -0.39 is 17.5 Å². The molecule has 3 aromatic rings. The fraction of sp³-hybridized carbons (Fsp3) is 0.150. The van der Waals surface area contributed by atoms with Gasteiger partial charge in [0.2, 0.25) is 5.91 Å². The molecule has 0 saturated carbocycles. The van der Waals surface area contributed by atoms with Crippen molar-refractivity contribution >= 4 is 46.0 Å². The Labute approximate surface area is 165 Å². The molecule has 0 aliphatic carbocycles. The summed E-state index contributed by atoms with van der Waals surface area (Å²) in [7, 11) is 0. The summed E-state index contributed by atoms with van der Waals surface area (Å²) in [5.74, 6) is -0.639. The van der Waals surface area contributed by atoms with Crippen molar-refractivity contribution in [2.75, 3.05) is 5.32 Å². The number of carbonyl (C=O) groups is 3. The maximum Gasteiger partial charge on any atom is 0.322 e. The van der Waals surface area contributed by atoms with Crippen molar-refractivity contribution in [2.24, 2.45) is 0 Å². The molecular weight excluding hydrogens is 380 g/mol. The predicted molar refractivity (Wildman–Crippen MR) is 106 cm³/mol. The van der Waals surface area contributed by atoms with Crippen molar-refractivity contribution in [2.45, 2.75) is 18.9 Å². The van der Waals surface area contributed by atoms with Crippen LogP contribution in [0.1, 0.15) is 18.1 Å². The largest absolute Gasteiger partial charge is 0.361 e. The van der Waals surface area contributed by atoms with E-state index in [9.17, 15) is 14.4 Å². The molecule has 1 fully saturated rings. The van der Waals surface area contributed by atoms with Crippen molar-refractivity contribution in [1.29, 1.82) is 0 Å². The topological polar surface area (TPSA) is 103 Å². The summed E-state index contributed by atoms with van der Waals surface area (Å²) in [5.41, 5.74) is 1.68. The van der Waals surface area contributed by atoms with Gasteiger partial charge >= 0.3 is 6.03 Å². The van der Waals surface area contributed by atoms with E-state index >= 15 is 0 Å². The number of hydrogen-bond acceptors (Lipinski definition) is 3. The summed E-state index contributed by atoms with van der Waals surface area (Å²) in [6.07, 6.45) is 1.95. The minimum atomic E-state index is -1.18. The Morgan fingerprint density at radius 1 is 1.18 bits per heavy atom. The van der Waals surface area contributed by atoms with Gasteiger partial charge in [-0.15, -0.1) is 0 Å². The molecule has 1 unspecified atom stereocenters. The van der Waals surface area contributed by atoms with Crippen LogP contribution < -0.4 is 16.0 Å². The van der Waals surface area contributed by atoms with Crippen LogP contribution >= 0.6 is 11.6 Å². The fourth-order valence-corrected chi connectivity index (χ4v) is 3.50. The third kappa shape index (κ3) is 3.20. The number of amides is 4. The van der Waals surface area contributed by atoms with Crippen molar-refractivity contribution in [3.63, 3.8) is 0 Å². The number of carbonyl (C=O) groups excluding carboxylic acids is 3. The van der Waals surface area contributed by atoms with Gasteiger partial charge in [-0.25, -0.2) is 4.79 Å². The highest BCUT2D eigenvalue weighted by atomic mass is 35.5. The van der Waals surface area contributed by atoms with Gasteiger partial charge in [0.1, 0.15) is 5.54 Å². The van der Waals surface area contributed by atoms with Crippen molar-refractivity contribution in [3.8, 4) is 0 Å². The SMILES string of the molecule is CC1(c2cccc(NC(=O)Cc3c[nH]c4ccc(Cl)cc34)c2)NC(=O)NC1=O. The molecule has 0 spiro atoms. The van der Waals surface area contributed by atoms with Gasteiger partial charge < -0.3 is 15.6 Å². The summed E-state index contributed by atoms with van der Waals surface area (Å²) in [6.45, 7) is 1.61. The number of halogens is 1. The molecule has 0 bridgehead atoms. The number of hydrogen-bond donors (Lipinski definition) is 4. The highest BCUT2D eigenvalue weighted by Crippen LogP contribution is 2.27. The monoisotopic (exact) mass is 396 g/mol. The molecule has 1 aliphatic heterocycles. The second kappa shape index (κ2) is 6.69. The molecule has 2 heterocycles.